The fourth-order valence-electron chi connectivity index (χ4n) is 2.57. The van der Waals surface area contributed by atoms with Gasteiger partial charge in [-0.3, -0.25) is 0 Å². The molecule has 1 fully saturated rings. The molecule has 0 aromatic heterocycles. The molecule has 1 saturated heterocycles. The summed E-state index contributed by atoms with van der Waals surface area (Å²) >= 11 is 5.75. The van der Waals surface area contributed by atoms with E-state index in [1.54, 1.807) is 0 Å². The summed E-state index contributed by atoms with van der Waals surface area (Å²) in [6, 6.07) is 6.69. The second kappa shape index (κ2) is 8.30. The molecule has 4 heteroatoms. The van der Waals surface area contributed by atoms with Crippen molar-refractivity contribution in [1.29, 1.82) is 0 Å². The number of nitrogens with one attached hydrogen (secondary N) is 1. The Balaban J connectivity index is 2.13. The molecule has 2 nitrogen and oxygen atoms in total. The molecule has 1 aromatic carbocycles. The van der Waals surface area contributed by atoms with Crippen LogP contribution in [0.4, 0.5) is 5.69 Å². The fourth-order valence-corrected chi connectivity index (χ4v) is 4.10. The zero-order valence-electron chi connectivity index (χ0n) is 12.5. The number of nitrogens with zero attached hydrogens (tertiary/aromatic N) is 1. The first-order valence-corrected chi connectivity index (χ1v) is 9.44. The van der Waals surface area contributed by atoms with Gasteiger partial charge >= 0.3 is 0 Å². The molecular formula is C16H25BrN2S. The molecule has 0 spiro atoms. The average molecular weight is 357 g/mol. The van der Waals surface area contributed by atoms with Crippen molar-refractivity contribution >= 4 is 33.4 Å². The molecule has 0 bridgehead atoms. The molecule has 0 amide bonds. The number of hydrogen-bond donors (Lipinski definition) is 1. The minimum Gasteiger partial charge on any atom is -0.369 e. The van der Waals surface area contributed by atoms with Crippen molar-refractivity contribution in [3.63, 3.8) is 0 Å². The summed E-state index contributed by atoms with van der Waals surface area (Å²) in [6.45, 7) is 8.91. The second-order valence-corrected chi connectivity index (χ2v) is 7.62. The molecule has 0 saturated carbocycles. The lowest BCUT2D eigenvalue weighted by atomic mass is 10.1. The van der Waals surface area contributed by atoms with Crippen LogP contribution in [0.15, 0.2) is 22.7 Å². The van der Waals surface area contributed by atoms with E-state index in [1.807, 2.05) is 0 Å². The first-order valence-electron chi connectivity index (χ1n) is 7.60. The lowest BCUT2D eigenvalue weighted by Crippen LogP contribution is -2.38. The number of benzene rings is 1. The predicted molar refractivity (Wildman–Crippen MR) is 94.9 cm³/mol. The summed E-state index contributed by atoms with van der Waals surface area (Å²) in [4.78, 5) is 2.57. The minimum absolute atomic E-state index is 0.777. The normalized spacial score (nSPS) is 19.4. The summed E-state index contributed by atoms with van der Waals surface area (Å²) in [6.07, 6.45) is 2.45. The topological polar surface area (TPSA) is 15.3 Å². The number of rotatable bonds is 6. The monoisotopic (exact) mass is 356 g/mol. The lowest BCUT2D eigenvalue weighted by Gasteiger charge is -2.35. The van der Waals surface area contributed by atoms with Crippen molar-refractivity contribution < 1.29 is 0 Å². The van der Waals surface area contributed by atoms with Crippen molar-refractivity contribution in [2.24, 2.45) is 0 Å². The van der Waals surface area contributed by atoms with Gasteiger partial charge in [-0.2, -0.15) is 11.8 Å². The van der Waals surface area contributed by atoms with Crippen LogP contribution in [0.1, 0.15) is 32.3 Å². The highest BCUT2D eigenvalue weighted by Crippen LogP contribution is 2.30. The Hall–Kier alpha value is -0.190. The maximum atomic E-state index is 3.62. The first-order chi connectivity index (χ1) is 9.74. The first kappa shape index (κ1) is 16.2. The van der Waals surface area contributed by atoms with Crippen molar-refractivity contribution in [2.45, 2.75) is 38.5 Å². The highest BCUT2D eigenvalue weighted by molar-refractivity contribution is 9.10. The quantitative estimate of drug-likeness (QED) is 0.765. The number of thioether (sulfide) groups is 1. The SMILES string of the molecule is CCCNCc1ccc(Br)cc1N1CCSC(CC)C1. The third kappa shape index (κ3) is 4.40. The van der Waals surface area contributed by atoms with E-state index < -0.39 is 0 Å². The van der Waals surface area contributed by atoms with Crippen LogP contribution >= 0.6 is 27.7 Å². The molecule has 1 atom stereocenters. The van der Waals surface area contributed by atoms with Gasteiger partial charge < -0.3 is 10.2 Å². The Morgan fingerprint density at radius 3 is 3.00 bits per heavy atom. The maximum Gasteiger partial charge on any atom is 0.0423 e. The average Bonchev–Trinajstić information content (AvgIpc) is 2.49. The Labute approximate surface area is 135 Å². The van der Waals surface area contributed by atoms with E-state index >= 15 is 0 Å². The summed E-state index contributed by atoms with van der Waals surface area (Å²) in [5.41, 5.74) is 2.82. The summed E-state index contributed by atoms with van der Waals surface area (Å²) < 4.78 is 1.18. The molecule has 1 heterocycles. The number of halogens is 1. The summed E-state index contributed by atoms with van der Waals surface area (Å²) in [5.74, 6) is 1.24. The van der Waals surface area contributed by atoms with Gasteiger partial charge in [0.05, 0.1) is 0 Å². The van der Waals surface area contributed by atoms with Crippen LogP contribution in [0.5, 0.6) is 0 Å². The van der Waals surface area contributed by atoms with Gasteiger partial charge in [0.15, 0.2) is 0 Å². The molecular weight excluding hydrogens is 332 g/mol. The molecule has 1 aliphatic rings. The Bertz CT molecular complexity index is 425. The van der Waals surface area contributed by atoms with Gasteiger partial charge in [0.2, 0.25) is 0 Å². The predicted octanol–water partition coefficient (Wildman–Crippen LogP) is 4.28. The van der Waals surface area contributed by atoms with E-state index in [-0.39, 0.29) is 0 Å². The Morgan fingerprint density at radius 1 is 1.40 bits per heavy atom. The van der Waals surface area contributed by atoms with E-state index in [2.05, 4.69) is 70.0 Å². The van der Waals surface area contributed by atoms with E-state index in [1.165, 1.54) is 47.4 Å². The van der Waals surface area contributed by atoms with Crippen LogP contribution in [-0.2, 0) is 6.54 Å². The van der Waals surface area contributed by atoms with Crippen molar-refractivity contribution in [3.8, 4) is 0 Å². The van der Waals surface area contributed by atoms with E-state index in [4.69, 9.17) is 0 Å². The molecule has 2 rings (SSSR count). The van der Waals surface area contributed by atoms with E-state index in [9.17, 15) is 0 Å². The van der Waals surface area contributed by atoms with Crippen LogP contribution in [0.2, 0.25) is 0 Å². The highest BCUT2D eigenvalue weighted by Gasteiger charge is 2.21. The van der Waals surface area contributed by atoms with Gasteiger partial charge in [0.25, 0.3) is 0 Å². The molecule has 1 aromatic rings. The standard InChI is InChI=1S/C16H25BrN2S/c1-3-7-18-11-13-5-6-14(17)10-16(13)19-8-9-20-15(4-2)12-19/h5-6,10,15,18H,3-4,7-9,11-12H2,1-2H3. The largest absolute Gasteiger partial charge is 0.369 e. The Morgan fingerprint density at radius 2 is 2.25 bits per heavy atom. The van der Waals surface area contributed by atoms with Crippen LogP contribution < -0.4 is 10.2 Å². The van der Waals surface area contributed by atoms with Gasteiger partial charge in [0.1, 0.15) is 0 Å². The summed E-state index contributed by atoms with van der Waals surface area (Å²) in [5, 5.41) is 4.31. The van der Waals surface area contributed by atoms with E-state index in [0.717, 1.165) is 18.3 Å². The van der Waals surface area contributed by atoms with Crippen molar-refractivity contribution in [2.75, 3.05) is 30.3 Å². The van der Waals surface area contributed by atoms with E-state index in [0.29, 0.717) is 0 Å². The fraction of sp³-hybridized carbons (Fsp3) is 0.625. The number of hydrogen-bond acceptors (Lipinski definition) is 3. The van der Waals surface area contributed by atoms with Crippen LogP contribution in [0.25, 0.3) is 0 Å². The molecule has 0 aliphatic carbocycles. The third-order valence-corrected chi connectivity index (χ3v) is 5.59. The zero-order chi connectivity index (χ0) is 14.4. The minimum atomic E-state index is 0.777. The lowest BCUT2D eigenvalue weighted by molar-refractivity contribution is 0.668. The van der Waals surface area contributed by atoms with Gasteiger partial charge in [-0.25, -0.2) is 0 Å². The maximum absolute atomic E-state index is 3.62. The van der Waals surface area contributed by atoms with Gasteiger partial charge in [-0.15, -0.1) is 0 Å². The van der Waals surface area contributed by atoms with Crippen LogP contribution in [-0.4, -0.2) is 30.6 Å². The van der Waals surface area contributed by atoms with Crippen molar-refractivity contribution in [3.05, 3.63) is 28.2 Å². The molecule has 0 radical (unpaired) electrons. The van der Waals surface area contributed by atoms with Crippen LogP contribution in [0, 0.1) is 0 Å². The molecule has 1 unspecified atom stereocenters. The highest BCUT2D eigenvalue weighted by atomic mass is 79.9. The van der Waals surface area contributed by atoms with Gasteiger partial charge in [0, 0.05) is 40.8 Å². The van der Waals surface area contributed by atoms with Crippen molar-refractivity contribution in [1.82, 2.24) is 5.32 Å². The van der Waals surface area contributed by atoms with Gasteiger partial charge in [-0.05, 0) is 37.1 Å². The molecule has 112 valence electrons. The molecule has 1 aliphatic heterocycles. The summed E-state index contributed by atoms with van der Waals surface area (Å²) in [7, 11) is 0. The second-order valence-electron chi connectivity index (χ2n) is 5.30. The van der Waals surface area contributed by atoms with Crippen LogP contribution in [0.3, 0.4) is 0 Å². The smallest absolute Gasteiger partial charge is 0.0423 e. The van der Waals surface area contributed by atoms with Gasteiger partial charge in [-0.1, -0.05) is 35.8 Å². The Kier molecular flexibility index (Phi) is 6.72. The molecule has 1 N–H and O–H groups in total. The zero-order valence-corrected chi connectivity index (χ0v) is 14.9. The molecule has 20 heavy (non-hydrogen) atoms. The third-order valence-electron chi connectivity index (χ3n) is 3.72. The number of anilines is 1.